The molecule has 2 heterocycles. The van der Waals surface area contributed by atoms with E-state index in [2.05, 4.69) is 22.5 Å². The Bertz CT molecular complexity index is 1140. The second kappa shape index (κ2) is 25.2. The molecular formula is C32H55N7O8. The molecule has 15 nitrogen and oxygen atoms in total. The number of nitrogens with zero attached hydrogens (tertiary/aromatic N) is 1. The Balaban J connectivity index is 0. The second-order valence-electron chi connectivity index (χ2n) is 10.7. The standard InChI is InChI=1S/C12H21N3O3.C8H9NO.C7H8O.C4H10N2O2.CH4O.H3N/c1-7(16)9(10(13)17)3-2-8-4-5-12(15-8)6-14-11(12)18;1-9-10-7-8-5-3-2-4-6-8;8-6-7-4-2-1-3-5-7;1-2(7)3(5)4(6)8;1-2;/h7-9,15-16H,2-6H2,1H3,(H2,13,17)(H,14,18);2-6H,1,7H2;1-5,8H,6H2;2-3,7H,5H2,1H3,(H2,6,8);2H,1H3;1H3/t7-,8?,9+,12?;;;2-,3+;;/m1..1../s1. The topological polar surface area (TPSA) is 291 Å². The van der Waals surface area contributed by atoms with Gasteiger partial charge in [-0.15, -0.1) is 5.16 Å². The highest BCUT2D eigenvalue weighted by Gasteiger charge is 2.50. The molecule has 0 saturated carbocycles. The third-order valence-corrected chi connectivity index (χ3v) is 7.20. The summed E-state index contributed by atoms with van der Waals surface area (Å²) in [5, 5.41) is 42.9. The molecule has 4 rings (SSSR count). The Morgan fingerprint density at radius 1 is 1.00 bits per heavy atom. The maximum absolute atomic E-state index is 11.5. The highest BCUT2D eigenvalue weighted by Crippen LogP contribution is 2.30. The number of hydrogen-bond acceptors (Lipinski definition) is 12. The summed E-state index contributed by atoms with van der Waals surface area (Å²) >= 11 is 0. The fraction of sp³-hybridized carbons (Fsp3) is 0.500. The fourth-order valence-electron chi connectivity index (χ4n) is 4.38. The van der Waals surface area contributed by atoms with Crippen LogP contribution in [0.3, 0.4) is 0 Å². The highest BCUT2D eigenvalue weighted by molar-refractivity contribution is 5.93. The van der Waals surface area contributed by atoms with Crippen molar-refractivity contribution in [2.75, 3.05) is 13.7 Å². The van der Waals surface area contributed by atoms with Crippen molar-refractivity contribution in [2.45, 2.75) is 82.6 Å². The molecule has 15 N–H and O–H groups in total. The first-order valence-corrected chi connectivity index (χ1v) is 14.8. The van der Waals surface area contributed by atoms with E-state index in [0.717, 1.165) is 37.5 Å². The van der Waals surface area contributed by atoms with Gasteiger partial charge in [0.2, 0.25) is 17.7 Å². The Morgan fingerprint density at radius 3 is 1.83 bits per heavy atom. The first-order valence-electron chi connectivity index (χ1n) is 14.8. The minimum Gasteiger partial charge on any atom is -0.400 e. The summed E-state index contributed by atoms with van der Waals surface area (Å²) in [4.78, 5) is 37.4. The molecule has 0 aromatic heterocycles. The summed E-state index contributed by atoms with van der Waals surface area (Å²) in [6, 6.07) is 18.7. The molecule has 47 heavy (non-hydrogen) atoms. The molecule has 2 unspecified atom stereocenters. The van der Waals surface area contributed by atoms with Gasteiger partial charge in [0.25, 0.3) is 0 Å². The van der Waals surface area contributed by atoms with Crippen LogP contribution in [0.15, 0.2) is 65.8 Å². The Kier molecular flexibility index (Phi) is 24.2. The molecule has 2 aromatic rings. The van der Waals surface area contributed by atoms with Crippen LogP contribution in [-0.4, -0.2) is 88.4 Å². The predicted octanol–water partition coefficient (Wildman–Crippen LogP) is -0.182. The van der Waals surface area contributed by atoms with Crippen molar-refractivity contribution >= 4 is 24.4 Å². The lowest BCUT2D eigenvalue weighted by Gasteiger charge is -2.38. The number of hydrogen-bond donors (Lipinski definition) is 10. The van der Waals surface area contributed by atoms with Gasteiger partial charge in [0, 0.05) is 26.4 Å². The van der Waals surface area contributed by atoms with Gasteiger partial charge >= 0.3 is 0 Å². The summed E-state index contributed by atoms with van der Waals surface area (Å²) in [7, 11) is 1.00. The van der Waals surface area contributed by atoms with E-state index in [0.29, 0.717) is 19.6 Å². The van der Waals surface area contributed by atoms with E-state index in [9.17, 15) is 19.5 Å². The third kappa shape index (κ3) is 17.5. The molecule has 0 radical (unpaired) electrons. The predicted molar refractivity (Wildman–Crippen MR) is 181 cm³/mol. The molecule has 15 heteroatoms. The van der Waals surface area contributed by atoms with Crippen LogP contribution in [0.5, 0.6) is 0 Å². The Hall–Kier alpha value is -3.96. The van der Waals surface area contributed by atoms with Crippen LogP contribution in [0.4, 0.5) is 0 Å². The minimum absolute atomic E-state index is 0. The summed E-state index contributed by atoms with van der Waals surface area (Å²) < 4.78 is 0. The summed E-state index contributed by atoms with van der Waals surface area (Å²) in [6.45, 7) is 7.53. The van der Waals surface area contributed by atoms with Crippen LogP contribution < -0.4 is 34.0 Å². The lowest BCUT2D eigenvalue weighted by atomic mass is 9.90. The van der Waals surface area contributed by atoms with Gasteiger partial charge in [-0.1, -0.05) is 60.7 Å². The van der Waals surface area contributed by atoms with Crippen LogP contribution in [0.2, 0.25) is 0 Å². The van der Waals surface area contributed by atoms with Crippen LogP contribution in [0, 0.1) is 5.92 Å². The van der Waals surface area contributed by atoms with Crippen molar-refractivity contribution in [1.82, 2.24) is 16.8 Å². The van der Waals surface area contributed by atoms with E-state index in [1.165, 1.54) is 6.92 Å². The number of nitrogens with one attached hydrogen (secondary N) is 2. The molecule has 2 fully saturated rings. The number of carbonyl (C=O) groups excluding carboxylic acids is 3. The molecule has 6 atom stereocenters. The van der Waals surface area contributed by atoms with Gasteiger partial charge in [0.15, 0.2) is 0 Å². The minimum atomic E-state index is -0.935. The molecule has 0 bridgehead atoms. The number of nitrogens with two attached hydrogens (primary N) is 3. The van der Waals surface area contributed by atoms with E-state index < -0.39 is 36.0 Å². The number of amides is 3. The molecule has 1 spiro atoms. The van der Waals surface area contributed by atoms with Gasteiger partial charge < -0.3 is 53.9 Å². The lowest BCUT2D eigenvalue weighted by Crippen LogP contribution is -2.70. The monoisotopic (exact) mass is 665 g/mol. The molecule has 2 aliphatic rings. The fourth-order valence-corrected chi connectivity index (χ4v) is 4.38. The summed E-state index contributed by atoms with van der Waals surface area (Å²) in [6.07, 6.45) is 1.52. The zero-order valence-electron chi connectivity index (χ0n) is 27.6. The number of oxime groups is 1. The van der Waals surface area contributed by atoms with E-state index >= 15 is 0 Å². The van der Waals surface area contributed by atoms with E-state index in [1.807, 2.05) is 60.7 Å². The van der Waals surface area contributed by atoms with Gasteiger partial charge in [-0.3, -0.25) is 19.7 Å². The molecule has 2 aliphatic heterocycles. The lowest BCUT2D eigenvalue weighted by molar-refractivity contribution is -0.134. The van der Waals surface area contributed by atoms with Crippen LogP contribution in [-0.2, 0) is 32.4 Å². The first kappa shape index (κ1) is 45.2. The highest BCUT2D eigenvalue weighted by atomic mass is 16.6. The van der Waals surface area contributed by atoms with Crippen molar-refractivity contribution in [2.24, 2.45) is 28.3 Å². The number of rotatable bonds is 11. The maximum Gasteiger partial charge on any atom is 0.242 e. The number of primary amides is 2. The molecule has 0 aliphatic carbocycles. The van der Waals surface area contributed by atoms with Gasteiger partial charge in [-0.2, -0.15) is 0 Å². The number of aliphatic hydroxyl groups excluding tert-OH is 4. The van der Waals surface area contributed by atoms with Crippen LogP contribution in [0.25, 0.3) is 0 Å². The average molecular weight is 666 g/mol. The number of carbonyl (C=O) groups is 3. The largest absolute Gasteiger partial charge is 0.400 e. The van der Waals surface area contributed by atoms with Crippen molar-refractivity contribution in [3.05, 3.63) is 71.8 Å². The smallest absolute Gasteiger partial charge is 0.242 e. The Morgan fingerprint density at radius 2 is 1.53 bits per heavy atom. The van der Waals surface area contributed by atoms with E-state index in [4.69, 9.17) is 37.4 Å². The second-order valence-corrected chi connectivity index (χ2v) is 10.7. The van der Waals surface area contributed by atoms with Gasteiger partial charge in [-0.25, -0.2) is 0 Å². The molecule has 3 amide bonds. The van der Waals surface area contributed by atoms with Gasteiger partial charge in [0.1, 0.15) is 18.2 Å². The number of aliphatic hydroxyl groups is 4. The molecule has 2 aromatic carbocycles. The average Bonchev–Trinajstić information content (AvgIpc) is 3.52. The maximum atomic E-state index is 11.5. The van der Waals surface area contributed by atoms with Crippen molar-refractivity contribution < 1.29 is 39.6 Å². The van der Waals surface area contributed by atoms with Gasteiger partial charge in [0.05, 0.1) is 24.7 Å². The van der Waals surface area contributed by atoms with Crippen molar-refractivity contribution in [1.29, 1.82) is 0 Å². The molecule has 2 saturated heterocycles. The third-order valence-electron chi connectivity index (χ3n) is 7.20. The van der Waals surface area contributed by atoms with Crippen LogP contribution in [0.1, 0.15) is 50.7 Å². The Labute approximate surface area is 277 Å². The van der Waals surface area contributed by atoms with E-state index in [-0.39, 0.29) is 30.2 Å². The SMILES string of the molecule is C=NOCc1ccccc1.CO.C[C@@H](O)[C@H](CCC1CCC2(CNC2=O)N1)C(N)=O.C[C@@H](O)[C@H](N)C(N)=O.N.OCc1ccccc1. The molecule has 266 valence electrons. The van der Waals surface area contributed by atoms with Gasteiger partial charge in [-0.05, 0) is 50.7 Å². The first-order chi connectivity index (χ1) is 21.9. The van der Waals surface area contributed by atoms with Crippen molar-refractivity contribution in [3.8, 4) is 0 Å². The van der Waals surface area contributed by atoms with Crippen molar-refractivity contribution in [3.63, 3.8) is 0 Å². The zero-order chi connectivity index (χ0) is 35.1. The summed E-state index contributed by atoms with van der Waals surface area (Å²) in [5.74, 6) is -1.57. The normalized spacial score (nSPS) is 19.5. The zero-order valence-corrected chi connectivity index (χ0v) is 27.6. The number of β-lactam (4-membered cyclic amide) rings is 1. The van der Waals surface area contributed by atoms with E-state index in [1.54, 1.807) is 6.92 Å². The van der Waals surface area contributed by atoms with Crippen LogP contribution >= 0.6 is 0 Å². The molecular weight excluding hydrogens is 610 g/mol. The number of benzene rings is 2. The summed E-state index contributed by atoms with van der Waals surface area (Å²) in [5.41, 5.74) is 16.7. The quantitative estimate of drug-likeness (QED) is 0.0853.